The molecule has 2 aromatic rings. The van der Waals surface area contributed by atoms with Gasteiger partial charge in [-0.25, -0.2) is 9.59 Å². The number of aryl methyl sites for hydroxylation is 1. The minimum Gasteiger partial charge on any atom is -0.478 e. The van der Waals surface area contributed by atoms with Crippen molar-refractivity contribution in [2.24, 2.45) is 0 Å². The summed E-state index contributed by atoms with van der Waals surface area (Å²) >= 11 is 0. The summed E-state index contributed by atoms with van der Waals surface area (Å²) in [5, 5.41) is 21.4. The lowest BCUT2D eigenvalue weighted by atomic mass is 10.0. The van der Waals surface area contributed by atoms with E-state index in [0.29, 0.717) is 5.69 Å². The van der Waals surface area contributed by atoms with E-state index in [9.17, 15) is 19.8 Å². The van der Waals surface area contributed by atoms with Crippen molar-refractivity contribution >= 4 is 23.3 Å². The predicted molar refractivity (Wildman–Crippen MR) is 79.5 cm³/mol. The molecule has 2 rings (SSSR count). The highest BCUT2D eigenvalue weighted by Gasteiger charge is 2.18. The average Bonchev–Trinajstić information content (AvgIpc) is 2.47. The number of carboxylic acid groups (broad SMARTS) is 2. The smallest absolute Gasteiger partial charge is 0.337 e. The van der Waals surface area contributed by atoms with Gasteiger partial charge in [0.05, 0.1) is 16.8 Å². The van der Waals surface area contributed by atoms with Crippen LogP contribution in [-0.4, -0.2) is 22.2 Å². The summed E-state index contributed by atoms with van der Waals surface area (Å²) in [6.07, 6.45) is 0.751. The molecule has 0 aliphatic carbocycles. The van der Waals surface area contributed by atoms with E-state index in [1.807, 2.05) is 25.1 Å². The van der Waals surface area contributed by atoms with Gasteiger partial charge in [-0.3, -0.25) is 0 Å². The first-order chi connectivity index (χ1) is 10.0. The maximum absolute atomic E-state index is 11.3. The van der Waals surface area contributed by atoms with Crippen molar-refractivity contribution in [1.82, 2.24) is 0 Å². The van der Waals surface area contributed by atoms with E-state index < -0.39 is 11.9 Å². The zero-order chi connectivity index (χ0) is 15.4. The molecule has 0 heterocycles. The molecular weight excluding hydrogens is 270 g/mol. The maximum atomic E-state index is 11.3. The van der Waals surface area contributed by atoms with Crippen LogP contribution in [0.1, 0.15) is 33.2 Å². The third-order valence-electron chi connectivity index (χ3n) is 3.18. The lowest BCUT2D eigenvalue weighted by Crippen LogP contribution is -2.10. The molecule has 0 saturated carbocycles. The maximum Gasteiger partial charge on any atom is 0.337 e. The van der Waals surface area contributed by atoms with Crippen LogP contribution in [0.4, 0.5) is 11.4 Å². The van der Waals surface area contributed by atoms with E-state index >= 15 is 0 Å². The summed E-state index contributed by atoms with van der Waals surface area (Å²) in [7, 11) is 0. The highest BCUT2D eigenvalue weighted by Crippen LogP contribution is 2.28. The summed E-state index contributed by atoms with van der Waals surface area (Å²) in [4.78, 5) is 22.6. The number of anilines is 2. The normalized spacial score (nSPS) is 10.1. The number of hydrogen-bond acceptors (Lipinski definition) is 3. The molecule has 3 N–H and O–H groups in total. The van der Waals surface area contributed by atoms with Crippen LogP contribution in [0.3, 0.4) is 0 Å². The second kappa shape index (κ2) is 6.09. The first-order valence-corrected chi connectivity index (χ1v) is 6.49. The zero-order valence-corrected chi connectivity index (χ0v) is 11.5. The van der Waals surface area contributed by atoms with E-state index in [4.69, 9.17) is 0 Å². The quantitative estimate of drug-likeness (QED) is 0.784. The lowest BCUT2D eigenvalue weighted by molar-refractivity contribution is 0.0696. The summed E-state index contributed by atoms with van der Waals surface area (Å²) in [6, 6.07) is 11.6. The van der Waals surface area contributed by atoms with E-state index in [0.717, 1.165) is 12.0 Å². The largest absolute Gasteiger partial charge is 0.478 e. The highest BCUT2D eigenvalue weighted by molar-refractivity contribution is 6.04. The van der Waals surface area contributed by atoms with Gasteiger partial charge in [-0.05, 0) is 30.2 Å². The molecule has 0 saturated heterocycles. The summed E-state index contributed by atoms with van der Waals surface area (Å²) in [5.41, 5.74) is 1.64. The number of aromatic carboxylic acids is 2. The van der Waals surface area contributed by atoms with Gasteiger partial charge in [-0.15, -0.1) is 0 Å². The fraction of sp³-hybridized carbons (Fsp3) is 0.125. The average molecular weight is 285 g/mol. The van der Waals surface area contributed by atoms with E-state index in [1.165, 1.54) is 18.2 Å². The van der Waals surface area contributed by atoms with Gasteiger partial charge in [-0.2, -0.15) is 0 Å². The Hall–Kier alpha value is -2.82. The van der Waals surface area contributed by atoms with Crippen molar-refractivity contribution in [3.63, 3.8) is 0 Å². The summed E-state index contributed by atoms with van der Waals surface area (Å²) < 4.78 is 0. The van der Waals surface area contributed by atoms with Crippen LogP contribution in [0.25, 0.3) is 0 Å². The molecule has 5 heteroatoms. The number of para-hydroxylation sites is 2. The van der Waals surface area contributed by atoms with Crippen LogP contribution < -0.4 is 5.32 Å². The molecule has 108 valence electrons. The molecule has 2 aromatic carbocycles. The Morgan fingerprint density at radius 3 is 2.05 bits per heavy atom. The van der Waals surface area contributed by atoms with Gasteiger partial charge in [0.1, 0.15) is 0 Å². The molecule has 0 aromatic heterocycles. The Balaban J connectivity index is 2.56. The number of nitrogens with one attached hydrogen (secondary N) is 1. The molecule has 0 fully saturated rings. The van der Waals surface area contributed by atoms with Gasteiger partial charge in [0.15, 0.2) is 0 Å². The Morgan fingerprint density at radius 2 is 1.52 bits per heavy atom. The highest BCUT2D eigenvalue weighted by atomic mass is 16.4. The molecule has 21 heavy (non-hydrogen) atoms. The molecule has 5 nitrogen and oxygen atoms in total. The zero-order valence-electron chi connectivity index (χ0n) is 11.5. The van der Waals surface area contributed by atoms with E-state index in [2.05, 4.69) is 5.32 Å². The van der Waals surface area contributed by atoms with Crippen molar-refractivity contribution in [1.29, 1.82) is 0 Å². The molecule has 0 aliphatic rings. The number of hydrogen-bond donors (Lipinski definition) is 3. The molecule has 0 atom stereocenters. The van der Waals surface area contributed by atoms with Gasteiger partial charge >= 0.3 is 11.9 Å². The Kier molecular flexibility index (Phi) is 4.23. The van der Waals surface area contributed by atoms with Crippen molar-refractivity contribution in [2.45, 2.75) is 13.3 Å². The molecule has 0 unspecified atom stereocenters. The van der Waals surface area contributed by atoms with Crippen LogP contribution in [-0.2, 0) is 6.42 Å². The minimum absolute atomic E-state index is 0.0687. The molecular formula is C16H15NO4. The topological polar surface area (TPSA) is 86.6 Å². The summed E-state index contributed by atoms with van der Waals surface area (Å²) in [5.74, 6) is -2.34. The predicted octanol–water partition coefficient (Wildman–Crippen LogP) is 3.39. The lowest BCUT2D eigenvalue weighted by Gasteiger charge is -2.15. The third-order valence-corrected chi connectivity index (χ3v) is 3.18. The molecule has 0 bridgehead atoms. The standard InChI is InChI=1S/C16H15NO4/c1-2-10-6-3-4-9-13(10)17-14-11(15(18)19)7-5-8-12(14)16(20)21/h3-9,17H,2H2,1H3,(H,18,19)(H,20,21). The summed E-state index contributed by atoms with van der Waals surface area (Å²) in [6.45, 7) is 1.97. The minimum atomic E-state index is -1.17. The fourth-order valence-corrected chi connectivity index (χ4v) is 2.13. The number of benzene rings is 2. The van der Waals surface area contributed by atoms with Gasteiger partial charge in [0.2, 0.25) is 0 Å². The second-order valence-electron chi connectivity index (χ2n) is 4.47. The Labute approximate surface area is 121 Å². The van der Waals surface area contributed by atoms with Crippen molar-refractivity contribution in [3.8, 4) is 0 Å². The first kappa shape index (κ1) is 14.6. The Morgan fingerprint density at radius 1 is 0.952 bits per heavy atom. The number of carbonyl (C=O) groups is 2. The van der Waals surface area contributed by atoms with Gasteiger partial charge in [0.25, 0.3) is 0 Å². The molecule has 0 radical (unpaired) electrons. The van der Waals surface area contributed by atoms with Crippen molar-refractivity contribution in [3.05, 3.63) is 59.2 Å². The van der Waals surface area contributed by atoms with Crippen LogP contribution in [0.5, 0.6) is 0 Å². The van der Waals surface area contributed by atoms with Crippen LogP contribution in [0, 0.1) is 0 Å². The van der Waals surface area contributed by atoms with Gasteiger partial charge < -0.3 is 15.5 Å². The first-order valence-electron chi connectivity index (χ1n) is 6.49. The molecule has 0 spiro atoms. The molecule has 0 amide bonds. The number of rotatable bonds is 5. The SMILES string of the molecule is CCc1ccccc1Nc1c(C(=O)O)cccc1C(=O)O. The third kappa shape index (κ3) is 3.02. The van der Waals surface area contributed by atoms with Crippen molar-refractivity contribution < 1.29 is 19.8 Å². The van der Waals surface area contributed by atoms with Crippen LogP contribution in [0.2, 0.25) is 0 Å². The monoisotopic (exact) mass is 285 g/mol. The van der Waals surface area contributed by atoms with Crippen LogP contribution in [0.15, 0.2) is 42.5 Å². The van der Waals surface area contributed by atoms with Gasteiger partial charge in [0, 0.05) is 5.69 Å². The fourth-order valence-electron chi connectivity index (χ4n) is 2.13. The van der Waals surface area contributed by atoms with E-state index in [-0.39, 0.29) is 16.8 Å². The van der Waals surface area contributed by atoms with Crippen molar-refractivity contribution in [2.75, 3.05) is 5.32 Å². The molecule has 0 aliphatic heterocycles. The number of carboxylic acids is 2. The van der Waals surface area contributed by atoms with E-state index in [1.54, 1.807) is 6.07 Å². The second-order valence-corrected chi connectivity index (χ2v) is 4.47. The van der Waals surface area contributed by atoms with Gasteiger partial charge in [-0.1, -0.05) is 31.2 Å². The van der Waals surface area contributed by atoms with Crippen LogP contribution >= 0.6 is 0 Å². The Bertz CT molecular complexity index is 662.